The van der Waals surface area contributed by atoms with Gasteiger partial charge in [-0.3, -0.25) is 14.3 Å². The quantitative estimate of drug-likeness (QED) is 0.605. The standard InChI is InChI=1S/C16H16N2O7/c19-11-6-7-18(16(23)17-11)14-13(21)12(20)10(25-14)8-24-15(22)9-4-2-1-3-5-9/h1-7,10,12-14,20-21H,8H2,(H,17,19,23)/t10-,12-,13+,14-/m0/s1. The molecule has 0 saturated carbocycles. The summed E-state index contributed by atoms with van der Waals surface area (Å²) in [6.45, 7) is -0.305. The Morgan fingerprint density at radius 1 is 1.16 bits per heavy atom. The van der Waals surface area contributed by atoms with Crippen molar-refractivity contribution in [2.24, 2.45) is 0 Å². The normalized spacial score (nSPS) is 25.7. The zero-order valence-corrected chi connectivity index (χ0v) is 12.9. The van der Waals surface area contributed by atoms with Gasteiger partial charge in [0.15, 0.2) is 6.23 Å². The number of esters is 1. The van der Waals surface area contributed by atoms with Crippen molar-refractivity contribution in [3.05, 3.63) is 69.0 Å². The molecule has 0 unspecified atom stereocenters. The molecule has 9 heteroatoms. The maximum Gasteiger partial charge on any atom is 0.338 e. The number of rotatable bonds is 4. The van der Waals surface area contributed by atoms with E-state index >= 15 is 0 Å². The van der Waals surface area contributed by atoms with E-state index in [1.54, 1.807) is 30.3 Å². The molecule has 4 atom stereocenters. The Kier molecular flexibility index (Phi) is 4.79. The number of ether oxygens (including phenoxy) is 2. The molecule has 0 aliphatic carbocycles. The molecule has 132 valence electrons. The fourth-order valence-electron chi connectivity index (χ4n) is 2.54. The highest BCUT2D eigenvalue weighted by atomic mass is 16.6. The second kappa shape index (κ2) is 7.01. The summed E-state index contributed by atoms with van der Waals surface area (Å²) in [7, 11) is 0. The van der Waals surface area contributed by atoms with Gasteiger partial charge in [-0.05, 0) is 12.1 Å². The molecule has 1 aromatic heterocycles. The molecule has 0 radical (unpaired) electrons. The van der Waals surface area contributed by atoms with E-state index in [1.807, 2.05) is 4.98 Å². The summed E-state index contributed by atoms with van der Waals surface area (Å²) in [4.78, 5) is 36.8. The fraction of sp³-hybridized carbons (Fsp3) is 0.312. The third-order valence-corrected chi connectivity index (χ3v) is 3.85. The number of nitrogens with one attached hydrogen (secondary N) is 1. The van der Waals surface area contributed by atoms with E-state index < -0.39 is 41.8 Å². The largest absolute Gasteiger partial charge is 0.459 e. The molecular formula is C16H16N2O7. The molecule has 0 spiro atoms. The van der Waals surface area contributed by atoms with Gasteiger partial charge in [0.25, 0.3) is 5.56 Å². The van der Waals surface area contributed by atoms with E-state index in [4.69, 9.17) is 9.47 Å². The van der Waals surface area contributed by atoms with Crippen molar-refractivity contribution < 1.29 is 24.5 Å². The number of benzene rings is 1. The Bertz CT molecular complexity index is 861. The Morgan fingerprint density at radius 3 is 2.56 bits per heavy atom. The van der Waals surface area contributed by atoms with E-state index in [1.165, 1.54) is 0 Å². The van der Waals surface area contributed by atoms with Crippen LogP contribution in [0.15, 0.2) is 52.2 Å². The van der Waals surface area contributed by atoms with Crippen molar-refractivity contribution in [1.82, 2.24) is 9.55 Å². The molecule has 1 aromatic carbocycles. The van der Waals surface area contributed by atoms with Crippen molar-refractivity contribution in [3.8, 4) is 0 Å². The number of aliphatic hydroxyl groups excluding tert-OH is 2. The van der Waals surface area contributed by atoms with Gasteiger partial charge in [-0.25, -0.2) is 9.59 Å². The van der Waals surface area contributed by atoms with Crippen LogP contribution in [0, 0.1) is 0 Å². The predicted molar refractivity (Wildman–Crippen MR) is 84.0 cm³/mol. The summed E-state index contributed by atoms with van der Waals surface area (Å²) in [6, 6.07) is 9.35. The molecule has 0 amide bonds. The van der Waals surface area contributed by atoms with Crippen molar-refractivity contribution in [3.63, 3.8) is 0 Å². The van der Waals surface area contributed by atoms with E-state index in [-0.39, 0.29) is 6.61 Å². The molecule has 1 aliphatic rings. The minimum Gasteiger partial charge on any atom is -0.459 e. The first-order valence-corrected chi connectivity index (χ1v) is 7.52. The third-order valence-electron chi connectivity index (χ3n) is 3.85. The molecule has 0 bridgehead atoms. The lowest BCUT2D eigenvalue weighted by atomic mass is 10.1. The Hall–Kier alpha value is -2.75. The highest BCUT2D eigenvalue weighted by Gasteiger charge is 2.44. The lowest BCUT2D eigenvalue weighted by molar-refractivity contribution is -0.0599. The van der Waals surface area contributed by atoms with Crippen molar-refractivity contribution in [1.29, 1.82) is 0 Å². The highest BCUT2D eigenvalue weighted by molar-refractivity contribution is 5.89. The second-order valence-electron chi connectivity index (χ2n) is 5.53. The summed E-state index contributed by atoms with van der Waals surface area (Å²) >= 11 is 0. The van der Waals surface area contributed by atoms with Gasteiger partial charge < -0.3 is 19.7 Å². The van der Waals surface area contributed by atoms with Crippen LogP contribution in [0.1, 0.15) is 16.6 Å². The number of aromatic amines is 1. The SMILES string of the molecule is O=C(OC[C@@H]1O[C@H](n2ccc(=O)[nH]c2=O)[C@H](O)[C@H]1O)c1ccccc1. The van der Waals surface area contributed by atoms with Crippen LogP contribution in [0.2, 0.25) is 0 Å². The first-order chi connectivity index (χ1) is 12.0. The number of nitrogens with zero attached hydrogens (tertiary/aromatic N) is 1. The minimum atomic E-state index is -1.43. The Morgan fingerprint density at radius 2 is 1.88 bits per heavy atom. The number of carbonyl (C=O) groups excluding carboxylic acids is 1. The van der Waals surface area contributed by atoms with Gasteiger partial charge in [0, 0.05) is 12.3 Å². The van der Waals surface area contributed by atoms with Crippen molar-refractivity contribution >= 4 is 5.97 Å². The van der Waals surface area contributed by atoms with Gasteiger partial charge in [0.05, 0.1) is 5.56 Å². The Labute approximate surface area is 141 Å². The average molecular weight is 348 g/mol. The number of aliphatic hydroxyl groups is 2. The zero-order chi connectivity index (χ0) is 18.0. The average Bonchev–Trinajstić information content (AvgIpc) is 2.89. The molecule has 3 N–H and O–H groups in total. The monoisotopic (exact) mass is 348 g/mol. The van der Waals surface area contributed by atoms with Crippen LogP contribution in [0.4, 0.5) is 0 Å². The lowest BCUT2D eigenvalue weighted by Gasteiger charge is -2.16. The molecule has 1 aliphatic heterocycles. The molecular weight excluding hydrogens is 332 g/mol. The van der Waals surface area contributed by atoms with Crippen LogP contribution >= 0.6 is 0 Å². The number of H-pyrrole nitrogens is 1. The van der Waals surface area contributed by atoms with Crippen LogP contribution in [0.3, 0.4) is 0 Å². The van der Waals surface area contributed by atoms with Crippen LogP contribution in [0.5, 0.6) is 0 Å². The fourth-order valence-corrected chi connectivity index (χ4v) is 2.54. The van der Waals surface area contributed by atoms with Crippen molar-refractivity contribution in [2.75, 3.05) is 6.61 Å². The van der Waals surface area contributed by atoms with Gasteiger partial charge >= 0.3 is 11.7 Å². The molecule has 2 heterocycles. The van der Waals surface area contributed by atoms with Crippen molar-refractivity contribution in [2.45, 2.75) is 24.5 Å². The summed E-state index contributed by atoms with van der Waals surface area (Å²) in [6.07, 6.45) is -3.87. The molecule has 1 saturated heterocycles. The topological polar surface area (TPSA) is 131 Å². The van der Waals surface area contributed by atoms with Gasteiger partial charge in [-0.2, -0.15) is 0 Å². The van der Waals surface area contributed by atoms with Crippen LogP contribution in [-0.2, 0) is 9.47 Å². The third kappa shape index (κ3) is 3.53. The number of hydrogen-bond acceptors (Lipinski definition) is 7. The summed E-state index contributed by atoms with van der Waals surface area (Å²) in [5.41, 5.74) is -1.04. The number of hydrogen-bond donors (Lipinski definition) is 3. The molecule has 9 nitrogen and oxygen atoms in total. The molecule has 3 rings (SSSR count). The lowest BCUT2D eigenvalue weighted by Crippen LogP contribution is -2.37. The second-order valence-corrected chi connectivity index (χ2v) is 5.53. The predicted octanol–water partition coefficient (Wildman–Crippen LogP) is -0.987. The summed E-state index contributed by atoms with van der Waals surface area (Å²) in [5.74, 6) is -0.601. The van der Waals surface area contributed by atoms with Gasteiger partial charge in [-0.1, -0.05) is 18.2 Å². The number of aromatic nitrogens is 2. The first-order valence-electron chi connectivity index (χ1n) is 7.52. The van der Waals surface area contributed by atoms with E-state index in [2.05, 4.69) is 0 Å². The van der Waals surface area contributed by atoms with Gasteiger partial charge in [-0.15, -0.1) is 0 Å². The maximum absolute atomic E-state index is 11.9. The van der Waals surface area contributed by atoms with Gasteiger partial charge in [0.1, 0.15) is 24.9 Å². The molecule has 25 heavy (non-hydrogen) atoms. The van der Waals surface area contributed by atoms with Crippen LogP contribution in [-0.4, -0.2) is 50.7 Å². The van der Waals surface area contributed by atoms with E-state index in [0.717, 1.165) is 16.8 Å². The van der Waals surface area contributed by atoms with Crippen LogP contribution in [0.25, 0.3) is 0 Å². The molecule has 2 aromatic rings. The summed E-state index contributed by atoms with van der Waals surface area (Å²) in [5, 5.41) is 20.2. The van der Waals surface area contributed by atoms with E-state index in [9.17, 15) is 24.6 Å². The number of carbonyl (C=O) groups is 1. The van der Waals surface area contributed by atoms with E-state index in [0.29, 0.717) is 5.56 Å². The van der Waals surface area contributed by atoms with Crippen LogP contribution < -0.4 is 11.2 Å². The zero-order valence-electron chi connectivity index (χ0n) is 12.9. The maximum atomic E-state index is 11.9. The first kappa shape index (κ1) is 17.1. The highest BCUT2D eigenvalue weighted by Crippen LogP contribution is 2.28. The summed E-state index contributed by atoms with van der Waals surface area (Å²) < 4.78 is 11.5. The van der Waals surface area contributed by atoms with Gasteiger partial charge in [0.2, 0.25) is 0 Å². The smallest absolute Gasteiger partial charge is 0.338 e. The Balaban J connectivity index is 1.69. The minimum absolute atomic E-state index is 0.305. The molecule has 1 fully saturated rings.